The number of esters is 1. The van der Waals surface area contributed by atoms with Crippen molar-refractivity contribution >= 4 is 39.2 Å². The van der Waals surface area contributed by atoms with Gasteiger partial charge in [0.05, 0.1) is 18.2 Å². The standard InChI is InChI=1S/C15H10ClNO2/c1-19-15(18)13-7-9-4-5-10(16)8-12(9)14-11(13)3-2-6-17-14/h2-8H,1H3. The van der Waals surface area contributed by atoms with E-state index in [2.05, 4.69) is 4.98 Å². The van der Waals surface area contributed by atoms with Gasteiger partial charge < -0.3 is 4.74 Å². The van der Waals surface area contributed by atoms with Crippen LogP contribution in [0.25, 0.3) is 21.7 Å². The van der Waals surface area contributed by atoms with Crippen molar-refractivity contribution in [3.8, 4) is 0 Å². The number of carbonyl (C=O) groups excluding carboxylic acids is 1. The lowest BCUT2D eigenvalue weighted by molar-refractivity contribution is 0.0603. The summed E-state index contributed by atoms with van der Waals surface area (Å²) in [6.45, 7) is 0. The van der Waals surface area contributed by atoms with E-state index in [9.17, 15) is 4.79 Å². The van der Waals surface area contributed by atoms with E-state index in [-0.39, 0.29) is 5.97 Å². The number of methoxy groups -OCH3 is 1. The molecule has 1 aromatic heterocycles. The average Bonchev–Trinajstić information content (AvgIpc) is 2.46. The number of ether oxygens (including phenoxy) is 1. The van der Waals surface area contributed by atoms with Crippen molar-refractivity contribution in [2.45, 2.75) is 0 Å². The molecule has 0 saturated carbocycles. The smallest absolute Gasteiger partial charge is 0.338 e. The molecule has 4 heteroatoms. The summed E-state index contributed by atoms with van der Waals surface area (Å²) in [6, 6.07) is 11.0. The summed E-state index contributed by atoms with van der Waals surface area (Å²) < 4.78 is 4.82. The average molecular weight is 272 g/mol. The van der Waals surface area contributed by atoms with Gasteiger partial charge in [-0.1, -0.05) is 23.7 Å². The predicted octanol–water partition coefficient (Wildman–Crippen LogP) is 3.83. The molecule has 19 heavy (non-hydrogen) atoms. The van der Waals surface area contributed by atoms with E-state index in [1.165, 1.54) is 7.11 Å². The zero-order chi connectivity index (χ0) is 13.4. The fourth-order valence-corrected chi connectivity index (χ4v) is 2.38. The predicted molar refractivity (Wildman–Crippen MR) is 75.6 cm³/mol. The van der Waals surface area contributed by atoms with Gasteiger partial charge in [0.25, 0.3) is 0 Å². The van der Waals surface area contributed by atoms with E-state index in [4.69, 9.17) is 16.3 Å². The number of rotatable bonds is 1. The highest BCUT2D eigenvalue weighted by Gasteiger charge is 2.14. The Morgan fingerprint density at radius 2 is 2.05 bits per heavy atom. The monoisotopic (exact) mass is 271 g/mol. The molecule has 0 amide bonds. The summed E-state index contributed by atoms with van der Waals surface area (Å²) in [5.41, 5.74) is 1.27. The number of nitrogens with zero attached hydrogens (tertiary/aromatic N) is 1. The molecule has 0 atom stereocenters. The quantitative estimate of drug-likeness (QED) is 0.499. The van der Waals surface area contributed by atoms with Gasteiger partial charge in [0.1, 0.15) is 0 Å². The number of hydrogen-bond donors (Lipinski definition) is 0. The molecule has 0 radical (unpaired) electrons. The topological polar surface area (TPSA) is 39.2 Å². The number of hydrogen-bond acceptors (Lipinski definition) is 3. The minimum absolute atomic E-state index is 0.366. The molecule has 0 bridgehead atoms. The summed E-state index contributed by atoms with van der Waals surface area (Å²) in [5, 5.41) is 3.25. The Kier molecular flexibility index (Phi) is 2.84. The van der Waals surface area contributed by atoms with Gasteiger partial charge in [-0.2, -0.15) is 0 Å². The second-order valence-electron chi connectivity index (χ2n) is 4.18. The lowest BCUT2D eigenvalue weighted by Crippen LogP contribution is -2.02. The van der Waals surface area contributed by atoms with Crippen LogP contribution < -0.4 is 0 Å². The fourth-order valence-electron chi connectivity index (χ4n) is 2.21. The molecular weight excluding hydrogens is 262 g/mol. The third kappa shape index (κ3) is 1.92. The summed E-state index contributed by atoms with van der Waals surface area (Å²) in [6.07, 6.45) is 1.70. The van der Waals surface area contributed by atoms with E-state index in [0.29, 0.717) is 10.6 Å². The van der Waals surface area contributed by atoms with E-state index < -0.39 is 0 Å². The van der Waals surface area contributed by atoms with Gasteiger partial charge in [-0.25, -0.2) is 4.79 Å². The van der Waals surface area contributed by atoms with Crippen LogP contribution in [0.5, 0.6) is 0 Å². The van der Waals surface area contributed by atoms with Crippen molar-refractivity contribution < 1.29 is 9.53 Å². The van der Waals surface area contributed by atoms with Gasteiger partial charge in [-0.05, 0) is 29.7 Å². The van der Waals surface area contributed by atoms with Crippen LogP contribution in [-0.4, -0.2) is 18.1 Å². The Hall–Kier alpha value is -2.13. The first-order chi connectivity index (χ1) is 9.20. The van der Waals surface area contributed by atoms with Gasteiger partial charge >= 0.3 is 5.97 Å². The van der Waals surface area contributed by atoms with Gasteiger partial charge in [0, 0.05) is 22.0 Å². The van der Waals surface area contributed by atoms with Gasteiger partial charge in [0.15, 0.2) is 0 Å². The molecule has 0 aliphatic heterocycles. The van der Waals surface area contributed by atoms with Crippen molar-refractivity contribution in [3.63, 3.8) is 0 Å². The molecule has 3 aromatic rings. The molecule has 0 unspecified atom stereocenters. The van der Waals surface area contributed by atoms with Crippen LogP contribution in [0.15, 0.2) is 42.6 Å². The van der Waals surface area contributed by atoms with Crippen molar-refractivity contribution in [2.75, 3.05) is 7.11 Å². The van der Waals surface area contributed by atoms with Gasteiger partial charge in [0.2, 0.25) is 0 Å². The number of benzene rings is 2. The third-order valence-corrected chi connectivity index (χ3v) is 3.31. The Labute approximate surface area is 114 Å². The zero-order valence-electron chi connectivity index (χ0n) is 10.2. The lowest BCUT2D eigenvalue weighted by Gasteiger charge is -2.08. The Morgan fingerprint density at radius 1 is 1.21 bits per heavy atom. The van der Waals surface area contributed by atoms with Crippen LogP contribution >= 0.6 is 11.6 Å². The van der Waals surface area contributed by atoms with Crippen LogP contribution in [-0.2, 0) is 4.74 Å². The highest BCUT2D eigenvalue weighted by Crippen LogP contribution is 2.29. The second kappa shape index (κ2) is 4.52. The number of fused-ring (bicyclic) bond motifs is 3. The summed E-state index contributed by atoms with van der Waals surface area (Å²) in [5.74, 6) is -0.366. The third-order valence-electron chi connectivity index (χ3n) is 3.07. The minimum Gasteiger partial charge on any atom is -0.465 e. The molecule has 0 saturated heterocycles. The van der Waals surface area contributed by atoms with Crippen molar-refractivity contribution in [3.05, 3.63) is 53.2 Å². The SMILES string of the molecule is COC(=O)c1cc2ccc(Cl)cc2c2ncccc12. The highest BCUT2D eigenvalue weighted by molar-refractivity contribution is 6.32. The van der Waals surface area contributed by atoms with E-state index in [1.54, 1.807) is 18.3 Å². The molecule has 3 rings (SSSR count). The summed E-state index contributed by atoms with van der Waals surface area (Å²) in [7, 11) is 1.37. The molecule has 2 aromatic carbocycles. The molecule has 0 fully saturated rings. The number of halogens is 1. The van der Waals surface area contributed by atoms with Gasteiger partial charge in [-0.15, -0.1) is 0 Å². The van der Waals surface area contributed by atoms with E-state index in [0.717, 1.165) is 21.7 Å². The lowest BCUT2D eigenvalue weighted by atomic mass is 10.0. The second-order valence-corrected chi connectivity index (χ2v) is 4.62. The normalized spacial score (nSPS) is 10.8. The Bertz CT molecular complexity index is 799. The summed E-state index contributed by atoms with van der Waals surface area (Å²) >= 11 is 6.03. The van der Waals surface area contributed by atoms with E-state index in [1.807, 2.05) is 24.3 Å². The molecule has 0 N–H and O–H groups in total. The maximum atomic E-state index is 11.9. The largest absolute Gasteiger partial charge is 0.465 e. The van der Waals surface area contributed by atoms with Crippen LogP contribution in [0.2, 0.25) is 5.02 Å². The Morgan fingerprint density at radius 3 is 2.84 bits per heavy atom. The van der Waals surface area contributed by atoms with Crippen LogP contribution in [0, 0.1) is 0 Å². The first-order valence-corrected chi connectivity index (χ1v) is 6.14. The first kappa shape index (κ1) is 11.9. The zero-order valence-corrected chi connectivity index (χ0v) is 10.9. The molecular formula is C15H10ClNO2. The molecule has 94 valence electrons. The first-order valence-electron chi connectivity index (χ1n) is 5.76. The van der Waals surface area contributed by atoms with Crippen molar-refractivity contribution in [1.82, 2.24) is 4.98 Å². The van der Waals surface area contributed by atoms with Crippen LogP contribution in [0.3, 0.4) is 0 Å². The highest BCUT2D eigenvalue weighted by atomic mass is 35.5. The molecule has 3 nitrogen and oxygen atoms in total. The van der Waals surface area contributed by atoms with E-state index >= 15 is 0 Å². The molecule has 1 heterocycles. The molecule has 0 aliphatic rings. The maximum Gasteiger partial charge on any atom is 0.338 e. The summed E-state index contributed by atoms with van der Waals surface area (Å²) in [4.78, 5) is 16.2. The van der Waals surface area contributed by atoms with Crippen molar-refractivity contribution in [1.29, 1.82) is 0 Å². The minimum atomic E-state index is -0.366. The van der Waals surface area contributed by atoms with Crippen LogP contribution in [0.1, 0.15) is 10.4 Å². The fraction of sp³-hybridized carbons (Fsp3) is 0.0667. The molecule has 0 aliphatic carbocycles. The number of pyridine rings is 1. The van der Waals surface area contributed by atoms with Crippen LogP contribution in [0.4, 0.5) is 0 Å². The Balaban J connectivity index is 2.50. The molecule has 0 spiro atoms. The number of aromatic nitrogens is 1. The van der Waals surface area contributed by atoms with Crippen molar-refractivity contribution in [2.24, 2.45) is 0 Å². The van der Waals surface area contributed by atoms with Gasteiger partial charge in [-0.3, -0.25) is 4.98 Å². The maximum absolute atomic E-state index is 11.9. The number of carbonyl (C=O) groups is 1.